The smallest absolute Gasteiger partial charge is 0.313 e. The van der Waals surface area contributed by atoms with Crippen molar-refractivity contribution in [1.82, 2.24) is 14.8 Å². The predicted molar refractivity (Wildman–Crippen MR) is 78.8 cm³/mol. The highest BCUT2D eigenvalue weighted by Gasteiger charge is 2.15. The Morgan fingerprint density at radius 3 is 2.76 bits per heavy atom. The van der Waals surface area contributed by atoms with Crippen LogP contribution < -0.4 is 0 Å². The first kappa shape index (κ1) is 15.5. The summed E-state index contributed by atoms with van der Waals surface area (Å²) < 4.78 is 15.4. The van der Waals surface area contributed by atoms with Gasteiger partial charge in [-0.25, -0.2) is 4.39 Å². The highest BCUT2D eigenvalue weighted by Crippen LogP contribution is 2.25. The molecule has 7 heteroatoms. The van der Waals surface area contributed by atoms with Crippen LogP contribution in [-0.2, 0) is 11.3 Å². The molecule has 0 saturated carbocycles. The molecule has 0 aliphatic rings. The summed E-state index contributed by atoms with van der Waals surface area (Å²) in [5, 5.41) is 17.4. The van der Waals surface area contributed by atoms with E-state index in [1.54, 1.807) is 0 Å². The van der Waals surface area contributed by atoms with Crippen LogP contribution in [0.5, 0.6) is 0 Å². The average Bonchev–Trinajstić information content (AvgIpc) is 2.79. The lowest BCUT2D eigenvalue weighted by atomic mass is 10.1. The quantitative estimate of drug-likeness (QED) is 0.831. The number of aryl methyl sites for hydroxylation is 1. The van der Waals surface area contributed by atoms with E-state index in [0.717, 1.165) is 23.7 Å². The van der Waals surface area contributed by atoms with Crippen molar-refractivity contribution < 1.29 is 14.3 Å². The maximum absolute atomic E-state index is 13.6. The molecule has 21 heavy (non-hydrogen) atoms. The summed E-state index contributed by atoms with van der Waals surface area (Å²) in [6.07, 6.45) is 0.847. The first-order valence-electron chi connectivity index (χ1n) is 6.56. The Labute approximate surface area is 126 Å². The van der Waals surface area contributed by atoms with Gasteiger partial charge in [-0.05, 0) is 37.1 Å². The van der Waals surface area contributed by atoms with Crippen LogP contribution in [-0.4, -0.2) is 31.6 Å². The Balaban J connectivity index is 2.40. The van der Waals surface area contributed by atoms with Gasteiger partial charge in [0.05, 0.1) is 5.75 Å². The van der Waals surface area contributed by atoms with Gasteiger partial charge in [0.2, 0.25) is 0 Å². The van der Waals surface area contributed by atoms with Crippen LogP contribution in [0.2, 0.25) is 0 Å². The Morgan fingerprint density at radius 1 is 1.38 bits per heavy atom. The van der Waals surface area contributed by atoms with Crippen molar-refractivity contribution in [2.24, 2.45) is 0 Å². The van der Waals surface area contributed by atoms with Crippen LogP contribution in [0, 0.1) is 12.7 Å². The molecule has 0 bridgehead atoms. The normalized spacial score (nSPS) is 10.8. The fourth-order valence-electron chi connectivity index (χ4n) is 2.03. The number of thioether (sulfide) groups is 1. The lowest BCUT2D eigenvalue weighted by molar-refractivity contribution is -0.133. The number of halogens is 1. The van der Waals surface area contributed by atoms with E-state index in [0.29, 0.717) is 23.1 Å². The average molecular weight is 309 g/mol. The molecule has 112 valence electrons. The number of aromatic nitrogens is 3. The number of hydrogen-bond donors (Lipinski definition) is 1. The van der Waals surface area contributed by atoms with Crippen LogP contribution in [0.25, 0.3) is 11.4 Å². The monoisotopic (exact) mass is 309 g/mol. The van der Waals surface area contributed by atoms with Crippen molar-refractivity contribution in [2.75, 3.05) is 5.75 Å². The molecule has 0 unspecified atom stereocenters. The Kier molecular flexibility index (Phi) is 4.95. The third-order valence-corrected chi connectivity index (χ3v) is 3.74. The molecule has 0 spiro atoms. The molecule has 0 amide bonds. The highest BCUT2D eigenvalue weighted by molar-refractivity contribution is 7.99. The highest BCUT2D eigenvalue weighted by atomic mass is 32.2. The largest absolute Gasteiger partial charge is 0.481 e. The number of carboxylic acids is 1. The molecule has 1 aromatic heterocycles. The summed E-state index contributed by atoms with van der Waals surface area (Å²) in [7, 11) is 0. The Bertz CT molecular complexity index is 637. The second-order valence-corrected chi connectivity index (χ2v) is 5.60. The van der Waals surface area contributed by atoms with Crippen molar-refractivity contribution >= 4 is 17.7 Å². The molecule has 1 N–H and O–H groups in total. The third kappa shape index (κ3) is 3.81. The summed E-state index contributed by atoms with van der Waals surface area (Å²) in [5.41, 5.74) is 1.45. The lowest BCUT2D eigenvalue weighted by Gasteiger charge is -2.09. The number of carbonyl (C=O) groups is 1. The molecule has 5 nitrogen and oxygen atoms in total. The molecule has 0 aliphatic carbocycles. The maximum Gasteiger partial charge on any atom is 0.313 e. The third-order valence-electron chi connectivity index (χ3n) is 2.79. The van der Waals surface area contributed by atoms with Crippen LogP contribution in [0.4, 0.5) is 4.39 Å². The topological polar surface area (TPSA) is 68.0 Å². The fourth-order valence-corrected chi connectivity index (χ4v) is 2.71. The van der Waals surface area contributed by atoms with Crippen LogP contribution in [0.3, 0.4) is 0 Å². The van der Waals surface area contributed by atoms with E-state index in [2.05, 4.69) is 10.2 Å². The van der Waals surface area contributed by atoms with Gasteiger partial charge in [0.25, 0.3) is 0 Å². The standard InChI is InChI=1S/C14H16FN3O2S/c1-3-4-18-13(10-5-9(2)6-11(15)7-10)16-17-14(18)21-8-12(19)20/h5-7H,3-4,8H2,1-2H3,(H,19,20). The molecule has 0 saturated heterocycles. The molecule has 0 radical (unpaired) electrons. The summed E-state index contributed by atoms with van der Waals surface area (Å²) in [6, 6.07) is 4.70. The minimum Gasteiger partial charge on any atom is -0.481 e. The van der Waals surface area contributed by atoms with Gasteiger partial charge in [-0.15, -0.1) is 10.2 Å². The van der Waals surface area contributed by atoms with Crippen molar-refractivity contribution in [3.05, 3.63) is 29.6 Å². The number of nitrogens with zero attached hydrogens (tertiary/aromatic N) is 3. The van der Waals surface area contributed by atoms with Crippen molar-refractivity contribution in [1.29, 1.82) is 0 Å². The maximum atomic E-state index is 13.6. The zero-order valence-corrected chi connectivity index (χ0v) is 12.7. The molecule has 0 atom stereocenters. The SMILES string of the molecule is CCCn1c(SCC(=O)O)nnc1-c1cc(C)cc(F)c1. The molecule has 2 aromatic rings. The van der Waals surface area contributed by atoms with E-state index in [-0.39, 0.29) is 11.6 Å². The Hall–Kier alpha value is -1.89. The van der Waals surface area contributed by atoms with Crippen LogP contribution >= 0.6 is 11.8 Å². The van der Waals surface area contributed by atoms with E-state index in [4.69, 9.17) is 5.11 Å². The molecule has 1 aromatic carbocycles. The van der Waals surface area contributed by atoms with Gasteiger partial charge in [-0.2, -0.15) is 0 Å². The summed E-state index contributed by atoms with van der Waals surface area (Å²) in [4.78, 5) is 10.7. The predicted octanol–water partition coefficient (Wildman–Crippen LogP) is 2.98. The number of benzene rings is 1. The van der Waals surface area contributed by atoms with E-state index in [1.165, 1.54) is 12.1 Å². The zero-order valence-electron chi connectivity index (χ0n) is 11.8. The van der Waals surface area contributed by atoms with Gasteiger partial charge in [0.1, 0.15) is 5.82 Å². The van der Waals surface area contributed by atoms with Crippen LogP contribution in [0.15, 0.2) is 23.4 Å². The van der Waals surface area contributed by atoms with Gasteiger partial charge in [-0.1, -0.05) is 18.7 Å². The molecule has 0 fully saturated rings. The number of aliphatic carboxylic acids is 1. The van der Waals surface area contributed by atoms with Gasteiger partial charge in [0, 0.05) is 12.1 Å². The first-order valence-corrected chi connectivity index (χ1v) is 7.55. The molecular weight excluding hydrogens is 293 g/mol. The molecule has 2 rings (SSSR count). The Morgan fingerprint density at radius 2 is 2.14 bits per heavy atom. The van der Waals surface area contributed by atoms with Crippen molar-refractivity contribution in [3.8, 4) is 11.4 Å². The minimum absolute atomic E-state index is 0.0793. The van der Waals surface area contributed by atoms with Crippen molar-refractivity contribution in [3.63, 3.8) is 0 Å². The molecular formula is C14H16FN3O2S. The van der Waals surface area contributed by atoms with E-state index in [9.17, 15) is 9.18 Å². The number of hydrogen-bond acceptors (Lipinski definition) is 4. The summed E-state index contributed by atoms with van der Waals surface area (Å²) in [6.45, 7) is 4.47. The van der Waals surface area contributed by atoms with E-state index >= 15 is 0 Å². The minimum atomic E-state index is -0.908. The fraction of sp³-hybridized carbons (Fsp3) is 0.357. The van der Waals surface area contributed by atoms with Gasteiger partial charge >= 0.3 is 5.97 Å². The summed E-state index contributed by atoms with van der Waals surface area (Å²) in [5.74, 6) is -0.748. The molecule has 0 aliphatic heterocycles. The van der Waals surface area contributed by atoms with Gasteiger partial charge in [0.15, 0.2) is 11.0 Å². The van der Waals surface area contributed by atoms with E-state index < -0.39 is 5.97 Å². The van der Waals surface area contributed by atoms with E-state index in [1.807, 2.05) is 24.5 Å². The summed E-state index contributed by atoms with van der Waals surface area (Å²) >= 11 is 1.12. The van der Waals surface area contributed by atoms with Gasteiger partial charge < -0.3 is 9.67 Å². The van der Waals surface area contributed by atoms with Gasteiger partial charge in [-0.3, -0.25) is 4.79 Å². The second kappa shape index (κ2) is 6.71. The number of carboxylic acid groups (broad SMARTS) is 1. The number of rotatable bonds is 6. The lowest BCUT2D eigenvalue weighted by Crippen LogP contribution is -2.04. The zero-order chi connectivity index (χ0) is 15.4. The first-order chi connectivity index (χ1) is 10.0. The molecule has 1 heterocycles. The van der Waals surface area contributed by atoms with Crippen LogP contribution in [0.1, 0.15) is 18.9 Å². The van der Waals surface area contributed by atoms with Crippen molar-refractivity contribution in [2.45, 2.75) is 32.0 Å². The second-order valence-electron chi connectivity index (χ2n) is 4.66.